The Kier molecular flexibility index (Phi) is 3.75. The molecule has 98 valence electrons. The highest BCUT2D eigenvalue weighted by atomic mass is 79.9. The van der Waals surface area contributed by atoms with Gasteiger partial charge in [0.1, 0.15) is 0 Å². The molecular weight excluding hydrogens is 454 g/mol. The molecule has 2 aromatic rings. The van der Waals surface area contributed by atoms with Crippen molar-refractivity contribution in [1.29, 1.82) is 0 Å². The second-order valence-corrected chi connectivity index (χ2v) is 9.67. The van der Waals surface area contributed by atoms with Crippen molar-refractivity contribution in [3.8, 4) is 0 Å². The SMILES string of the molecule is Cc1cc(Br)cc2c1N=c1c(C)cc(Br)cc1=S2Br. The van der Waals surface area contributed by atoms with Crippen molar-refractivity contribution >= 4 is 61.3 Å². The van der Waals surface area contributed by atoms with E-state index in [-0.39, 0.29) is 8.92 Å². The predicted octanol–water partition coefficient (Wildman–Crippen LogP) is 5.98. The fourth-order valence-electron chi connectivity index (χ4n) is 2.20. The van der Waals surface area contributed by atoms with Crippen molar-refractivity contribution in [1.82, 2.24) is 0 Å². The Hall–Kier alpha value is 0.0300. The van der Waals surface area contributed by atoms with Gasteiger partial charge in [-0.05, 0) is 64.1 Å². The summed E-state index contributed by atoms with van der Waals surface area (Å²) < 4.78 is 3.45. The number of benzene rings is 2. The lowest BCUT2D eigenvalue weighted by Gasteiger charge is -2.15. The molecule has 0 aliphatic carbocycles. The van der Waals surface area contributed by atoms with Gasteiger partial charge in [0.15, 0.2) is 0 Å². The molecule has 0 saturated carbocycles. The van der Waals surface area contributed by atoms with Crippen molar-refractivity contribution in [2.75, 3.05) is 0 Å². The second kappa shape index (κ2) is 5.10. The third-order valence-electron chi connectivity index (χ3n) is 3.07. The van der Waals surface area contributed by atoms with Gasteiger partial charge in [-0.3, -0.25) is 0 Å². The van der Waals surface area contributed by atoms with Gasteiger partial charge in [-0.2, -0.15) is 0 Å². The van der Waals surface area contributed by atoms with Crippen molar-refractivity contribution in [3.63, 3.8) is 0 Å². The zero-order valence-electron chi connectivity index (χ0n) is 10.3. The standard InChI is InChI=1S/C14H10Br3NS/c1-7-3-9(15)5-11-13(7)18-14-8(2)4-10(16)6-12(14)19(11)17/h3-6H,1-2H3. The molecule has 0 fully saturated rings. The number of rotatable bonds is 0. The van der Waals surface area contributed by atoms with E-state index in [1.807, 2.05) is 0 Å². The molecule has 2 aromatic carbocycles. The zero-order chi connectivity index (χ0) is 13.7. The van der Waals surface area contributed by atoms with Crippen LogP contribution in [0.1, 0.15) is 11.1 Å². The number of halogens is 3. The van der Waals surface area contributed by atoms with Gasteiger partial charge in [0, 0.05) is 18.4 Å². The van der Waals surface area contributed by atoms with E-state index in [4.69, 9.17) is 4.99 Å². The number of nitrogens with zero attached hydrogens (tertiary/aromatic N) is 1. The summed E-state index contributed by atoms with van der Waals surface area (Å²) in [5, 5.41) is 1.10. The van der Waals surface area contributed by atoms with Crippen LogP contribution in [-0.4, -0.2) is 0 Å². The van der Waals surface area contributed by atoms with Crippen LogP contribution in [-0.2, 0) is 0 Å². The lowest BCUT2D eigenvalue weighted by Crippen LogP contribution is -2.10. The third kappa shape index (κ3) is 2.39. The Morgan fingerprint density at radius 3 is 2.32 bits per heavy atom. The van der Waals surface area contributed by atoms with Crippen LogP contribution in [0.15, 0.2) is 43.1 Å². The first kappa shape index (κ1) is 14.0. The topological polar surface area (TPSA) is 12.4 Å². The second-order valence-electron chi connectivity index (χ2n) is 4.51. The van der Waals surface area contributed by atoms with Crippen LogP contribution in [0.25, 0.3) is 0 Å². The highest BCUT2D eigenvalue weighted by Gasteiger charge is 2.15. The van der Waals surface area contributed by atoms with E-state index in [2.05, 4.69) is 84.8 Å². The molecule has 1 aliphatic heterocycles. The number of hydrogen-bond donors (Lipinski definition) is 0. The Morgan fingerprint density at radius 1 is 0.947 bits per heavy atom. The fourth-order valence-corrected chi connectivity index (χ4v) is 6.58. The van der Waals surface area contributed by atoms with E-state index in [1.165, 1.54) is 20.5 Å². The van der Waals surface area contributed by atoms with E-state index in [1.54, 1.807) is 0 Å². The Bertz CT molecular complexity index is 828. The quantitative estimate of drug-likeness (QED) is 0.426. The molecule has 1 aliphatic rings. The molecule has 1 heterocycles. The molecule has 1 atom stereocenters. The minimum Gasteiger partial charge on any atom is -0.246 e. The van der Waals surface area contributed by atoms with Crippen LogP contribution >= 0.6 is 55.6 Å². The zero-order valence-corrected chi connectivity index (χ0v) is 15.9. The molecular formula is C14H10Br3NS. The van der Waals surface area contributed by atoms with Crippen LogP contribution in [0.3, 0.4) is 0 Å². The van der Waals surface area contributed by atoms with Gasteiger partial charge < -0.3 is 0 Å². The molecule has 0 bridgehead atoms. The van der Waals surface area contributed by atoms with Gasteiger partial charge in [-0.15, -0.1) is 0 Å². The third-order valence-corrected chi connectivity index (χ3v) is 7.47. The van der Waals surface area contributed by atoms with Gasteiger partial charge in [0.05, 0.1) is 11.0 Å². The van der Waals surface area contributed by atoms with Crippen LogP contribution in [0, 0.1) is 18.4 Å². The summed E-state index contributed by atoms with van der Waals surface area (Å²) in [5.74, 6) is 0. The average molecular weight is 464 g/mol. The van der Waals surface area contributed by atoms with Crippen molar-refractivity contribution < 1.29 is 0 Å². The Labute approximate surface area is 138 Å². The molecule has 0 saturated heterocycles. The first-order valence-electron chi connectivity index (χ1n) is 5.70. The van der Waals surface area contributed by atoms with Crippen LogP contribution < -0.4 is 5.36 Å². The molecule has 0 radical (unpaired) electrons. The van der Waals surface area contributed by atoms with Gasteiger partial charge in [0.25, 0.3) is 0 Å². The van der Waals surface area contributed by atoms with Gasteiger partial charge in [-0.25, -0.2) is 4.99 Å². The molecule has 0 spiro atoms. The molecule has 1 nitrogen and oxygen atoms in total. The van der Waals surface area contributed by atoms with Gasteiger partial charge >= 0.3 is 0 Å². The molecule has 0 aromatic heterocycles. The first-order valence-corrected chi connectivity index (χ1v) is 10.4. The Morgan fingerprint density at radius 2 is 1.58 bits per heavy atom. The van der Waals surface area contributed by atoms with Gasteiger partial charge in [0.2, 0.25) is 0 Å². The van der Waals surface area contributed by atoms with Crippen LogP contribution in [0.4, 0.5) is 5.69 Å². The summed E-state index contributed by atoms with van der Waals surface area (Å²) in [6.45, 7) is 4.22. The summed E-state index contributed by atoms with van der Waals surface area (Å²) >= 11 is 11.0. The molecule has 3 rings (SSSR count). The molecule has 1 unspecified atom stereocenters. The molecule has 19 heavy (non-hydrogen) atoms. The Balaban J connectivity index is 2.51. The normalized spacial score (nSPS) is 16.6. The minimum atomic E-state index is -0.122. The highest BCUT2D eigenvalue weighted by Crippen LogP contribution is 2.46. The summed E-state index contributed by atoms with van der Waals surface area (Å²) in [6, 6.07) is 8.54. The van der Waals surface area contributed by atoms with E-state index < -0.39 is 0 Å². The number of fused-ring (bicyclic) bond motifs is 2. The maximum absolute atomic E-state index is 4.88. The predicted molar refractivity (Wildman–Crippen MR) is 92.2 cm³/mol. The number of hydrogen-bond acceptors (Lipinski definition) is 1. The number of aryl methyl sites for hydroxylation is 2. The summed E-state index contributed by atoms with van der Waals surface area (Å²) in [6.07, 6.45) is 0. The summed E-state index contributed by atoms with van der Waals surface area (Å²) in [7, 11) is -0.122. The van der Waals surface area contributed by atoms with E-state index in [0.29, 0.717) is 0 Å². The largest absolute Gasteiger partial charge is 0.246 e. The lowest BCUT2D eigenvalue weighted by molar-refractivity contribution is 1.18. The maximum atomic E-state index is 4.88. The van der Waals surface area contributed by atoms with Crippen molar-refractivity contribution in [2.24, 2.45) is 4.99 Å². The lowest BCUT2D eigenvalue weighted by atomic mass is 10.2. The van der Waals surface area contributed by atoms with E-state index >= 15 is 0 Å². The fraction of sp³-hybridized carbons (Fsp3) is 0.143. The molecule has 0 N–H and O–H groups in total. The minimum absolute atomic E-state index is 0.122. The smallest absolute Gasteiger partial charge is 0.0806 e. The van der Waals surface area contributed by atoms with E-state index in [0.717, 1.165) is 20.0 Å². The van der Waals surface area contributed by atoms with Crippen molar-refractivity contribution in [3.05, 3.63) is 54.2 Å². The maximum Gasteiger partial charge on any atom is 0.0806 e. The first-order chi connectivity index (χ1) is 8.97. The van der Waals surface area contributed by atoms with Crippen molar-refractivity contribution in [2.45, 2.75) is 18.7 Å². The summed E-state index contributed by atoms with van der Waals surface area (Å²) in [4.78, 5) is 6.12. The summed E-state index contributed by atoms with van der Waals surface area (Å²) in [5.41, 5.74) is 3.50. The van der Waals surface area contributed by atoms with E-state index in [9.17, 15) is 0 Å². The average Bonchev–Trinajstić information content (AvgIpc) is 2.32. The molecule has 0 amide bonds. The van der Waals surface area contributed by atoms with Gasteiger partial charge in [-0.1, -0.05) is 40.8 Å². The monoisotopic (exact) mass is 461 g/mol. The van der Waals surface area contributed by atoms with Crippen LogP contribution in [0.5, 0.6) is 0 Å². The van der Waals surface area contributed by atoms with Crippen LogP contribution in [0.2, 0.25) is 0 Å². The molecule has 5 heteroatoms. The highest BCUT2D eigenvalue weighted by molar-refractivity contribution is 9.52.